The van der Waals surface area contributed by atoms with Crippen LogP contribution in [0.25, 0.3) is 0 Å². The fourth-order valence-corrected chi connectivity index (χ4v) is 2.67. The molecule has 0 fully saturated rings. The quantitative estimate of drug-likeness (QED) is 0.346. The minimum absolute atomic E-state index is 0.184. The van der Waals surface area contributed by atoms with Crippen molar-refractivity contribution >= 4 is 63.7 Å². The summed E-state index contributed by atoms with van der Waals surface area (Å²) in [4.78, 5) is 12.3. The third-order valence-electron chi connectivity index (χ3n) is 3.34. The number of amides is 1. The molecule has 0 aromatic heterocycles. The molecule has 0 unspecified atom stereocenters. The molecule has 3 N–H and O–H groups in total. The third kappa shape index (κ3) is 7.07. The predicted octanol–water partition coefficient (Wildman–Crippen LogP) is 4.50. The van der Waals surface area contributed by atoms with E-state index in [1.54, 1.807) is 54.6 Å². The monoisotopic (exact) mass is 445 g/mol. The molecule has 0 heterocycles. The van der Waals surface area contributed by atoms with Gasteiger partial charge in [0.25, 0.3) is 5.91 Å². The van der Waals surface area contributed by atoms with Crippen molar-refractivity contribution in [3.8, 4) is 5.75 Å². The molecule has 0 spiro atoms. The lowest BCUT2D eigenvalue weighted by Crippen LogP contribution is -2.56. The average Bonchev–Trinajstić information content (AvgIpc) is 2.63. The highest BCUT2D eigenvalue weighted by Gasteiger charge is 2.34. The molecule has 0 saturated heterocycles. The zero-order chi connectivity index (χ0) is 19.9. The van der Waals surface area contributed by atoms with Crippen LogP contribution < -0.4 is 20.7 Å². The van der Waals surface area contributed by atoms with Gasteiger partial charge in [-0.05, 0) is 55.5 Å². The molecule has 1 atom stereocenters. The molecule has 9 heteroatoms. The maximum Gasteiger partial charge on any atom is 0.252 e. The molecule has 1 amide bonds. The lowest BCUT2D eigenvalue weighted by Gasteiger charge is -2.27. The van der Waals surface area contributed by atoms with E-state index in [2.05, 4.69) is 16.0 Å². The van der Waals surface area contributed by atoms with Gasteiger partial charge in [0.05, 0.1) is 6.61 Å². The number of anilines is 1. The van der Waals surface area contributed by atoms with Gasteiger partial charge in [0.15, 0.2) is 5.11 Å². The SMILES string of the molecule is CCOc1ccc(NC(=S)N[C@@H](NC(=O)c2ccccc2)C(Cl)(Cl)Cl)cc1. The Balaban J connectivity index is 2.00. The van der Waals surface area contributed by atoms with E-state index in [1.807, 2.05) is 6.92 Å². The number of hydrogen-bond acceptors (Lipinski definition) is 3. The molecule has 0 aliphatic heterocycles. The van der Waals surface area contributed by atoms with Crippen LogP contribution in [0.3, 0.4) is 0 Å². The number of hydrogen-bond donors (Lipinski definition) is 3. The molecule has 2 rings (SSSR count). The van der Waals surface area contributed by atoms with Crippen molar-refractivity contribution < 1.29 is 9.53 Å². The summed E-state index contributed by atoms with van der Waals surface area (Å²) in [5.74, 6) is 0.347. The molecule has 144 valence electrons. The standard InChI is InChI=1S/C18H18Cl3N3O2S/c1-2-26-14-10-8-13(9-11-14)22-17(27)24-16(18(19,20)21)23-15(25)12-6-4-3-5-7-12/h3-11,16H,2H2,1H3,(H,23,25)(H2,22,24,27)/t16-/m1/s1. The van der Waals surface area contributed by atoms with Crippen molar-refractivity contribution in [1.82, 2.24) is 10.6 Å². The Morgan fingerprint density at radius 1 is 1.07 bits per heavy atom. The summed E-state index contributed by atoms with van der Waals surface area (Å²) in [5.41, 5.74) is 1.15. The van der Waals surface area contributed by atoms with Crippen LogP contribution in [0.4, 0.5) is 5.69 Å². The second-order valence-electron chi connectivity index (χ2n) is 5.37. The number of rotatable bonds is 6. The van der Waals surface area contributed by atoms with Gasteiger partial charge in [0.1, 0.15) is 11.9 Å². The Hall–Kier alpha value is -1.73. The van der Waals surface area contributed by atoms with E-state index in [9.17, 15) is 4.79 Å². The first-order valence-electron chi connectivity index (χ1n) is 8.02. The molecule has 0 bridgehead atoms. The smallest absolute Gasteiger partial charge is 0.252 e. The third-order valence-corrected chi connectivity index (χ3v) is 4.21. The van der Waals surface area contributed by atoms with Gasteiger partial charge >= 0.3 is 0 Å². The summed E-state index contributed by atoms with van der Waals surface area (Å²) in [6.45, 7) is 2.49. The summed E-state index contributed by atoms with van der Waals surface area (Å²) in [6, 6.07) is 15.8. The van der Waals surface area contributed by atoms with Crippen molar-refractivity contribution in [1.29, 1.82) is 0 Å². The van der Waals surface area contributed by atoms with Crippen molar-refractivity contribution in [2.24, 2.45) is 0 Å². The van der Waals surface area contributed by atoms with Crippen LogP contribution in [0.15, 0.2) is 54.6 Å². The number of ether oxygens (including phenoxy) is 1. The molecule has 5 nitrogen and oxygen atoms in total. The van der Waals surface area contributed by atoms with Crippen molar-refractivity contribution in [2.75, 3.05) is 11.9 Å². The van der Waals surface area contributed by atoms with Crippen molar-refractivity contribution in [3.05, 3.63) is 60.2 Å². The lowest BCUT2D eigenvalue weighted by molar-refractivity contribution is 0.0934. The fraction of sp³-hybridized carbons (Fsp3) is 0.222. The van der Waals surface area contributed by atoms with E-state index in [0.29, 0.717) is 17.9 Å². The first-order valence-corrected chi connectivity index (χ1v) is 9.57. The molecule has 2 aromatic rings. The van der Waals surface area contributed by atoms with Gasteiger partial charge in [-0.25, -0.2) is 0 Å². The molecule has 2 aromatic carbocycles. The fourth-order valence-electron chi connectivity index (χ4n) is 2.10. The van der Waals surface area contributed by atoms with Crippen molar-refractivity contribution in [3.63, 3.8) is 0 Å². The van der Waals surface area contributed by atoms with Gasteiger partial charge in [-0.2, -0.15) is 0 Å². The van der Waals surface area contributed by atoms with E-state index < -0.39 is 15.9 Å². The maximum atomic E-state index is 12.3. The first kappa shape index (κ1) is 21.6. The zero-order valence-corrected chi connectivity index (χ0v) is 17.4. The van der Waals surface area contributed by atoms with Gasteiger partial charge in [0, 0.05) is 11.3 Å². The van der Waals surface area contributed by atoms with Gasteiger partial charge in [-0.15, -0.1) is 0 Å². The van der Waals surface area contributed by atoms with Crippen LogP contribution in [-0.4, -0.2) is 27.6 Å². The van der Waals surface area contributed by atoms with Crippen molar-refractivity contribution in [2.45, 2.75) is 16.9 Å². The minimum Gasteiger partial charge on any atom is -0.494 e. The Labute approximate surface area is 178 Å². The highest BCUT2D eigenvalue weighted by Crippen LogP contribution is 2.29. The summed E-state index contributed by atoms with van der Waals surface area (Å²) >= 11 is 23.2. The normalized spacial score (nSPS) is 12.0. The average molecular weight is 447 g/mol. The number of benzene rings is 2. The molecule has 0 aliphatic carbocycles. The van der Waals surface area contributed by atoms with Crippen LogP contribution in [0.5, 0.6) is 5.75 Å². The maximum absolute atomic E-state index is 12.3. The summed E-state index contributed by atoms with van der Waals surface area (Å²) in [5, 5.41) is 8.58. The van der Waals surface area contributed by atoms with Crippen LogP contribution in [0, 0.1) is 0 Å². The van der Waals surface area contributed by atoms with E-state index in [0.717, 1.165) is 5.75 Å². The number of carbonyl (C=O) groups excluding carboxylic acids is 1. The topological polar surface area (TPSA) is 62.4 Å². The van der Waals surface area contributed by atoms with Gasteiger partial charge in [-0.1, -0.05) is 53.0 Å². The molecule has 0 aliphatic rings. The summed E-state index contributed by atoms with van der Waals surface area (Å²) in [6.07, 6.45) is -1.04. The summed E-state index contributed by atoms with van der Waals surface area (Å²) < 4.78 is 3.56. The molecular formula is C18H18Cl3N3O2S. The number of alkyl halides is 3. The predicted molar refractivity (Wildman–Crippen MR) is 115 cm³/mol. The van der Waals surface area contributed by atoms with E-state index in [1.165, 1.54) is 0 Å². The second-order valence-corrected chi connectivity index (χ2v) is 8.15. The van der Waals surface area contributed by atoms with Crippen LogP contribution in [0.2, 0.25) is 0 Å². The van der Waals surface area contributed by atoms with E-state index in [4.69, 9.17) is 51.8 Å². The van der Waals surface area contributed by atoms with Crippen LogP contribution in [-0.2, 0) is 0 Å². The van der Waals surface area contributed by atoms with Gasteiger partial charge in [-0.3, -0.25) is 4.79 Å². The highest BCUT2D eigenvalue weighted by molar-refractivity contribution is 7.80. The van der Waals surface area contributed by atoms with Gasteiger partial charge in [0.2, 0.25) is 3.79 Å². The Morgan fingerprint density at radius 2 is 1.70 bits per heavy atom. The Kier molecular flexibility index (Phi) is 7.98. The number of thiocarbonyl (C=S) groups is 1. The molecule has 0 radical (unpaired) electrons. The minimum atomic E-state index is -1.82. The van der Waals surface area contributed by atoms with E-state index >= 15 is 0 Å². The van der Waals surface area contributed by atoms with Crippen LogP contribution in [0.1, 0.15) is 17.3 Å². The van der Waals surface area contributed by atoms with Crippen LogP contribution >= 0.6 is 47.0 Å². The number of carbonyl (C=O) groups is 1. The lowest BCUT2D eigenvalue weighted by atomic mass is 10.2. The Bertz CT molecular complexity index is 768. The molecule has 0 saturated carbocycles. The van der Waals surface area contributed by atoms with Gasteiger partial charge < -0.3 is 20.7 Å². The highest BCUT2D eigenvalue weighted by atomic mass is 35.6. The molecular weight excluding hydrogens is 429 g/mol. The Morgan fingerprint density at radius 3 is 2.26 bits per heavy atom. The largest absolute Gasteiger partial charge is 0.494 e. The first-order chi connectivity index (χ1) is 12.8. The van der Waals surface area contributed by atoms with E-state index in [-0.39, 0.29) is 5.11 Å². The number of halogens is 3. The summed E-state index contributed by atoms with van der Waals surface area (Å²) in [7, 11) is 0. The zero-order valence-electron chi connectivity index (χ0n) is 14.3. The molecule has 27 heavy (non-hydrogen) atoms. The number of nitrogens with one attached hydrogen (secondary N) is 3. The second kappa shape index (κ2) is 9.99.